The Morgan fingerprint density at radius 3 is 2.48 bits per heavy atom. The second-order valence-electron chi connectivity index (χ2n) is 7.58. The number of rotatable bonds is 10. The molecule has 0 aliphatic heterocycles. The molecule has 1 atom stereocenters. The van der Waals surface area contributed by atoms with Crippen molar-refractivity contribution in [3.05, 3.63) is 58.1 Å². The van der Waals surface area contributed by atoms with Gasteiger partial charge in [-0.3, -0.25) is 9.59 Å². The van der Waals surface area contributed by atoms with Gasteiger partial charge in [0.15, 0.2) is 6.61 Å². The van der Waals surface area contributed by atoms with E-state index in [9.17, 15) is 9.59 Å². The van der Waals surface area contributed by atoms with Crippen molar-refractivity contribution < 1.29 is 19.1 Å². The van der Waals surface area contributed by atoms with E-state index in [0.717, 1.165) is 10.0 Å². The highest BCUT2D eigenvalue weighted by atomic mass is 79.9. The van der Waals surface area contributed by atoms with Gasteiger partial charge in [-0.2, -0.15) is 0 Å². The molecule has 168 valence electrons. The molecule has 31 heavy (non-hydrogen) atoms. The average Bonchev–Trinajstić information content (AvgIpc) is 2.76. The first-order valence-electron chi connectivity index (χ1n) is 10.4. The van der Waals surface area contributed by atoms with Crippen LogP contribution in [0.5, 0.6) is 11.5 Å². The Bertz CT molecular complexity index is 901. The zero-order chi connectivity index (χ0) is 23.0. The van der Waals surface area contributed by atoms with E-state index in [4.69, 9.17) is 9.47 Å². The Hall–Kier alpha value is -2.54. The monoisotopic (exact) mass is 490 g/mol. The van der Waals surface area contributed by atoms with Crippen LogP contribution in [0.15, 0.2) is 46.9 Å². The molecule has 0 heterocycles. The largest absolute Gasteiger partial charge is 0.497 e. The second kappa shape index (κ2) is 11.7. The molecule has 1 N–H and O–H groups in total. The Balaban J connectivity index is 2.18. The minimum atomic E-state index is -0.644. The minimum Gasteiger partial charge on any atom is -0.497 e. The number of carbonyl (C=O) groups excluding carboxylic acids is 2. The molecule has 0 saturated heterocycles. The summed E-state index contributed by atoms with van der Waals surface area (Å²) in [5.74, 6) is 1.19. The van der Waals surface area contributed by atoms with Gasteiger partial charge in [0, 0.05) is 13.1 Å². The first-order valence-corrected chi connectivity index (χ1v) is 11.2. The predicted octanol–water partition coefficient (Wildman–Crippen LogP) is 4.51. The summed E-state index contributed by atoms with van der Waals surface area (Å²) >= 11 is 3.52. The van der Waals surface area contributed by atoms with E-state index in [1.165, 1.54) is 10.5 Å². The minimum absolute atomic E-state index is 0.173. The van der Waals surface area contributed by atoms with E-state index < -0.39 is 6.04 Å². The van der Waals surface area contributed by atoms with E-state index in [1.807, 2.05) is 49.4 Å². The first-order chi connectivity index (χ1) is 14.8. The Morgan fingerprint density at radius 2 is 1.87 bits per heavy atom. The van der Waals surface area contributed by atoms with Gasteiger partial charge in [-0.15, -0.1) is 0 Å². The second-order valence-corrected chi connectivity index (χ2v) is 8.43. The van der Waals surface area contributed by atoms with E-state index in [-0.39, 0.29) is 25.0 Å². The summed E-state index contributed by atoms with van der Waals surface area (Å²) in [5, 5.41) is 2.78. The van der Waals surface area contributed by atoms with Crippen molar-refractivity contribution in [1.82, 2.24) is 10.2 Å². The van der Waals surface area contributed by atoms with Gasteiger partial charge in [0.05, 0.1) is 11.6 Å². The quantitative estimate of drug-likeness (QED) is 0.531. The summed E-state index contributed by atoms with van der Waals surface area (Å²) in [6.07, 6.45) is 0. The normalized spacial score (nSPS) is 11.7. The standard InChI is InChI=1S/C24H31BrN2O4/c1-6-26-24(29)17(4)27(14-18-8-7-9-20(12-18)30-5)23(28)15-31-22-11-10-19(16(2)3)13-21(22)25/h7-13,16-17H,6,14-15H2,1-5H3,(H,26,29)/t17-/m1/s1. The lowest BCUT2D eigenvalue weighted by atomic mass is 10.0. The maximum Gasteiger partial charge on any atom is 0.261 e. The zero-order valence-corrected chi connectivity index (χ0v) is 20.4. The predicted molar refractivity (Wildman–Crippen MR) is 125 cm³/mol. The van der Waals surface area contributed by atoms with Crippen molar-refractivity contribution in [1.29, 1.82) is 0 Å². The molecule has 0 saturated carbocycles. The Morgan fingerprint density at radius 1 is 1.13 bits per heavy atom. The number of nitrogens with zero attached hydrogens (tertiary/aromatic N) is 1. The molecule has 0 aromatic heterocycles. The van der Waals surface area contributed by atoms with Gasteiger partial charge in [0.2, 0.25) is 5.91 Å². The van der Waals surface area contributed by atoms with Gasteiger partial charge in [-0.05, 0) is 71.1 Å². The van der Waals surface area contributed by atoms with Crippen LogP contribution in [0.1, 0.15) is 44.7 Å². The van der Waals surface area contributed by atoms with Crippen molar-refractivity contribution in [2.75, 3.05) is 20.3 Å². The number of ether oxygens (including phenoxy) is 2. The molecule has 0 spiro atoms. The summed E-state index contributed by atoms with van der Waals surface area (Å²) in [7, 11) is 1.59. The van der Waals surface area contributed by atoms with Crippen LogP contribution in [-0.2, 0) is 16.1 Å². The van der Waals surface area contributed by atoms with Gasteiger partial charge < -0.3 is 19.7 Å². The zero-order valence-electron chi connectivity index (χ0n) is 18.8. The molecule has 0 radical (unpaired) electrons. The Labute approximate surface area is 193 Å². The molecule has 0 unspecified atom stereocenters. The number of methoxy groups -OCH3 is 1. The first kappa shape index (κ1) is 24.7. The molecule has 0 aliphatic rings. The molecule has 7 heteroatoms. The van der Waals surface area contributed by atoms with Crippen LogP contribution in [0, 0.1) is 0 Å². The van der Waals surface area contributed by atoms with E-state index >= 15 is 0 Å². The van der Waals surface area contributed by atoms with Crippen molar-refractivity contribution in [3.8, 4) is 11.5 Å². The van der Waals surface area contributed by atoms with E-state index in [2.05, 4.69) is 35.1 Å². The third-order valence-electron chi connectivity index (χ3n) is 4.98. The van der Waals surface area contributed by atoms with Gasteiger partial charge >= 0.3 is 0 Å². The number of halogens is 1. The molecule has 0 aliphatic carbocycles. The van der Waals surface area contributed by atoms with Crippen LogP contribution >= 0.6 is 15.9 Å². The van der Waals surface area contributed by atoms with Crippen molar-refractivity contribution >= 4 is 27.7 Å². The third kappa shape index (κ3) is 6.99. The number of benzene rings is 2. The maximum absolute atomic E-state index is 13.1. The third-order valence-corrected chi connectivity index (χ3v) is 5.60. The lowest BCUT2D eigenvalue weighted by molar-refractivity contribution is -0.142. The van der Waals surface area contributed by atoms with Crippen LogP contribution in [0.3, 0.4) is 0 Å². The van der Waals surface area contributed by atoms with Crippen molar-refractivity contribution in [2.24, 2.45) is 0 Å². The molecular weight excluding hydrogens is 460 g/mol. The number of likely N-dealkylation sites (N-methyl/N-ethyl adjacent to an activating group) is 1. The molecule has 2 rings (SSSR count). The maximum atomic E-state index is 13.1. The molecule has 2 aromatic rings. The molecule has 0 bridgehead atoms. The number of hydrogen-bond acceptors (Lipinski definition) is 4. The lowest BCUT2D eigenvalue weighted by Gasteiger charge is -2.28. The van der Waals surface area contributed by atoms with Gasteiger partial charge in [-0.1, -0.05) is 32.0 Å². The van der Waals surface area contributed by atoms with Crippen LogP contribution in [0.2, 0.25) is 0 Å². The van der Waals surface area contributed by atoms with Crippen molar-refractivity contribution in [2.45, 2.75) is 46.2 Å². The van der Waals surface area contributed by atoms with Crippen LogP contribution in [-0.4, -0.2) is 43.0 Å². The van der Waals surface area contributed by atoms with Gasteiger partial charge in [0.1, 0.15) is 17.5 Å². The number of carbonyl (C=O) groups is 2. The van der Waals surface area contributed by atoms with Crippen LogP contribution in [0.25, 0.3) is 0 Å². The average molecular weight is 491 g/mol. The van der Waals surface area contributed by atoms with Crippen LogP contribution < -0.4 is 14.8 Å². The number of nitrogens with one attached hydrogen (secondary N) is 1. The van der Waals surface area contributed by atoms with Crippen LogP contribution in [0.4, 0.5) is 0 Å². The van der Waals surface area contributed by atoms with Crippen molar-refractivity contribution in [3.63, 3.8) is 0 Å². The summed E-state index contributed by atoms with van der Waals surface area (Å²) < 4.78 is 11.9. The highest BCUT2D eigenvalue weighted by molar-refractivity contribution is 9.10. The fourth-order valence-corrected chi connectivity index (χ4v) is 3.60. The highest BCUT2D eigenvalue weighted by Crippen LogP contribution is 2.29. The fraction of sp³-hybridized carbons (Fsp3) is 0.417. The topological polar surface area (TPSA) is 67.9 Å². The highest BCUT2D eigenvalue weighted by Gasteiger charge is 2.26. The SMILES string of the molecule is CCNC(=O)[C@@H](C)N(Cc1cccc(OC)c1)C(=O)COc1ccc(C(C)C)cc1Br. The molecule has 6 nitrogen and oxygen atoms in total. The van der Waals surface area contributed by atoms with E-state index in [1.54, 1.807) is 14.0 Å². The van der Waals surface area contributed by atoms with Gasteiger partial charge in [0.25, 0.3) is 5.91 Å². The lowest BCUT2D eigenvalue weighted by Crippen LogP contribution is -2.49. The summed E-state index contributed by atoms with van der Waals surface area (Å²) in [6, 6.07) is 12.6. The summed E-state index contributed by atoms with van der Waals surface area (Å²) in [6.45, 7) is 8.39. The fourth-order valence-electron chi connectivity index (χ4n) is 3.09. The van der Waals surface area contributed by atoms with E-state index in [0.29, 0.717) is 24.0 Å². The summed E-state index contributed by atoms with van der Waals surface area (Å²) in [4.78, 5) is 27.1. The molecular formula is C24H31BrN2O4. The number of amides is 2. The summed E-state index contributed by atoms with van der Waals surface area (Å²) in [5.41, 5.74) is 2.04. The number of hydrogen-bond donors (Lipinski definition) is 1. The smallest absolute Gasteiger partial charge is 0.261 e. The molecule has 2 amide bonds. The van der Waals surface area contributed by atoms with Gasteiger partial charge in [-0.25, -0.2) is 0 Å². The Kier molecular flexibility index (Phi) is 9.37. The molecule has 0 fully saturated rings. The molecule has 2 aromatic carbocycles.